The first kappa shape index (κ1) is 10.9. The highest BCUT2D eigenvalue weighted by atomic mass is 16.6. The maximum atomic E-state index is 12.0. The molecule has 6 aliphatic carbocycles. The molecule has 6 aliphatic rings. The number of carbonyl (C=O) groups excluding carboxylic acids is 1. The average Bonchev–Trinajstić information content (AvgIpc) is 2.85. The molecular formula is C17H22O2. The second kappa shape index (κ2) is 3.10. The van der Waals surface area contributed by atoms with Crippen molar-refractivity contribution in [2.45, 2.75) is 44.6 Å². The molecule has 19 heavy (non-hydrogen) atoms. The van der Waals surface area contributed by atoms with E-state index in [4.69, 9.17) is 4.74 Å². The van der Waals surface area contributed by atoms with E-state index in [1.54, 1.807) is 6.92 Å². The van der Waals surface area contributed by atoms with Crippen LogP contribution in [0.4, 0.5) is 0 Å². The fraction of sp³-hybridized carbons (Fsp3) is 0.824. The van der Waals surface area contributed by atoms with E-state index in [0.29, 0.717) is 5.57 Å². The normalized spacial score (nSPS) is 58.9. The van der Waals surface area contributed by atoms with Crippen LogP contribution in [-0.4, -0.2) is 11.6 Å². The van der Waals surface area contributed by atoms with Crippen molar-refractivity contribution < 1.29 is 9.53 Å². The smallest absolute Gasteiger partial charge is 0.333 e. The van der Waals surface area contributed by atoms with Gasteiger partial charge in [0.1, 0.15) is 5.60 Å². The Balaban J connectivity index is 1.51. The number of rotatable bonds is 2. The molecular weight excluding hydrogens is 236 g/mol. The van der Waals surface area contributed by atoms with Gasteiger partial charge in [-0.2, -0.15) is 0 Å². The van der Waals surface area contributed by atoms with Crippen molar-refractivity contribution in [2.75, 3.05) is 0 Å². The summed E-state index contributed by atoms with van der Waals surface area (Å²) in [4.78, 5) is 12.0. The third kappa shape index (κ3) is 1.14. The predicted octanol–water partition coefficient (Wildman–Crippen LogP) is 3.18. The van der Waals surface area contributed by atoms with Crippen LogP contribution in [0.5, 0.6) is 0 Å². The fourth-order valence-corrected chi connectivity index (χ4v) is 7.17. The summed E-state index contributed by atoms with van der Waals surface area (Å²) in [5.74, 6) is 6.52. The number of ether oxygens (including phenoxy) is 1. The molecule has 4 atom stereocenters. The van der Waals surface area contributed by atoms with Gasteiger partial charge >= 0.3 is 5.97 Å². The van der Waals surface area contributed by atoms with Crippen LogP contribution in [0.2, 0.25) is 0 Å². The zero-order valence-electron chi connectivity index (χ0n) is 11.6. The Labute approximate surface area is 114 Å². The van der Waals surface area contributed by atoms with E-state index in [1.807, 2.05) is 0 Å². The molecule has 6 saturated carbocycles. The minimum absolute atomic E-state index is 0.0984. The largest absolute Gasteiger partial charge is 0.456 e. The lowest BCUT2D eigenvalue weighted by Gasteiger charge is -2.61. The molecule has 0 amide bonds. The lowest BCUT2D eigenvalue weighted by Crippen LogP contribution is -2.59. The van der Waals surface area contributed by atoms with E-state index in [-0.39, 0.29) is 11.6 Å². The molecule has 7 bridgehead atoms. The van der Waals surface area contributed by atoms with Crippen molar-refractivity contribution in [3.8, 4) is 0 Å². The van der Waals surface area contributed by atoms with E-state index in [2.05, 4.69) is 6.58 Å². The molecule has 0 spiro atoms. The molecule has 102 valence electrons. The molecule has 0 aliphatic heterocycles. The van der Waals surface area contributed by atoms with Gasteiger partial charge in [-0.05, 0) is 80.5 Å². The summed E-state index contributed by atoms with van der Waals surface area (Å²) in [5, 5.41) is 0. The topological polar surface area (TPSA) is 26.3 Å². The molecule has 0 saturated heterocycles. The second-order valence-corrected chi connectivity index (χ2v) is 8.09. The van der Waals surface area contributed by atoms with E-state index in [9.17, 15) is 4.79 Å². The van der Waals surface area contributed by atoms with Crippen molar-refractivity contribution in [1.82, 2.24) is 0 Å². The fourth-order valence-electron chi connectivity index (χ4n) is 7.17. The summed E-state index contributed by atoms with van der Waals surface area (Å²) in [6.07, 6.45) is 6.48. The van der Waals surface area contributed by atoms with Crippen molar-refractivity contribution in [1.29, 1.82) is 0 Å². The standard InChI is InChI=1S/C17H22O2/c1-8(2)16(18)19-17-5-12-10-3-9-4-11(12)14(7-17)15(9)13(10)6-17/h9-15H,1,3-7H2,2H3. The van der Waals surface area contributed by atoms with Gasteiger partial charge in [-0.3, -0.25) is 0 Å². The number of hydrogen-bond acceptors (Lipinski definition) is 2. The quantitative estimate of drug-likeness (QED) is 0.561. The number of esters is 1. The minimum Gasteiger partial charge on any atom is -0.456 e. The maximum Gasteiger partial charge on any atom is 0.333 e. The highest BCUT2D eigenvalue weighted by molar-refractivity contribution is 5.87. The predicted molar refractivity (Wildman–Crippen MR) is 71.2 cm³/mol. The summed E-state index contributed by atoms with van der Waals surface area (Å²) < 4.78 is 5.96. The van der Waals surface area contributed by atoms with Gasteiger partial charge in [0, 0.05) is 5.57 Å². The molecule has 0 aromatic rings. The minimum atomic E-state index is -0.151. The van der Waals surface area contributed by atoms with Gasteiger partial charge in [0.15, 0.2) is 0 Å². The molecule has 6 fully saturated rings. The summed E-state index contributed by atoms with van der Waals surface area (Å²) in [6, 6.07) is 0. The van der Waals surface area contributed by atoms with Crippen LogP contribution in [0, 0.1) is 41.4 Å². The van der Waals surface area contributed by atoms with Gasteiger partial charge in [0.25, 0.3) is 0 Å². The average molecular weight is 258 g/mol. The molecule has 2 heteroatoms. The molecule has 4 unspecified atom stereocenters. The Kier molecular flexibility index (Phi) is 1.78. The highest BCUT2D eigenvalue weighted by Crippen LogP contribution is 2.76. The van der Waals surface area contributed by atoms with Crippen LogP contribution in [0.3, 0.4) is 0 Å². The van der Waals surface area contributed by atoms with Crippen molar-refractivity contribution in [2.24, 2.45) is 41.4 Å². The van der Waals surface area contributed by atoms with Gasteiger partial charge in [0.05, 0.1) is 0 Å². The van der Waals surface area contributed by atoms with Crippen molar-refractivity contribution >= 4 is 5.97 Å². The van der Waals surface area contributed by atoms with Crippen LogP contribution in [-0.2, 0) is 9.53 Å². The van der Waals surface area contributed by atoms with Crippen LogP contribution in [0.15, 0.2) is 12.2 Å². The summed E-state index contributed by atoms with van der Waals surface area (Å²) >= 11 is 0. The van der Waals surface area contributed by atoms with Gasteiger partial charge in [-0.15, -0.1) is 0 Å². The lowest BCUT2D eigenvalue weighted by atomic mass is 9.47. The SMILES string of the molecule is C=C(C)C(=O)OC12CC3C4CC5CC3C(C1)C5C4C2. The Morgan fingerprint density at radius 2 is 1.63 bits per heavy atom. The van der Waals surface area contributed by atoms with E-state index < -0.39 is 0 Å². The molecule has 0 heterocycles. The first-order valence-corrected chi connectivity index (χ1v) is 7.97. The molecule has 0 aromatic heterocycles. The molecule has 2 nitrogen and oxygen atoms in total. The Bertz CT molecular complexity index is 453. The van der Waals surface area contributed by atoms with E-state index in [0.717, 1.165) is 60.7 Å². The second-order valence-electron chi connectivity index (χ2n) is 8.09. The first-order chi connectivity index (χ1) is 9.08. The van der Waals surface area contributed by atoms with Crippen LogP contribution in [0.1, 0.15) is 39.0 Å². The number of hydrogen-bond donors (Lipinski definition) is 0. The molecule has 0 N–H and O–H groups in total. The van der Waals surface area contributed by atoms with Crippen LogP contribution < -0.4 is 0 Å². The van der Waals surface area contributed by atoms with Gasteiger partial charge < -0.3 is 4.74 Å². The summed E-state index contributed by atoms with van der Waals surface area (Å²) in [6.45, 7) is 5.51. The highest BCUT2D eigenvalue weighted by Gasteiger charge is 2.72. The van der Waals surface area contributed by atoms with Crippen molar-refractivity contribution in [3.63, 3.8) is 0 Å². The zero-order valence-corrected chi connectivity index (χ0v) is 11.6. The third-order valence-electron chi connectivity index (χ3n) is 7.36. The van der Waals surface area contributed by atoms with Crippen LogP contribution in [0.25, 0.3) is 0 Å². The Hall–Kier alpha value is -0.790. The van der Waals surface area contributed by atoms with Gasteiger partial charge in [-0.1, -0.05) is 6.58 Å². The molecule has 6 rings (SSSR count). The summed E-state index contributed by atoms with van der Waals surface area (Å²) in [7, 11) is 0. The molecule has 0 radical (unpaired) electrons. The van der Waals surface area contributed by atoms with Gasteiger partial charge in [-0.25, -0.2) is 4.79 Å². The maximum absolute atomic E-state index is 12.0. The van der Waals surface area contributed by atoms with E-state index >= 15 is 0 Å². The first-order valence-electron chi connectivity index (χ1n) is 7.97. The third-order valence-corrected chi connectivity index (χ3v) is 7.36. The van der Waals surface area contributed by atoms with Gasteiger partial charge in [0.2, 0.25) is 0 Å². The van der Waals surface area contributed by atoms with Crippen LogP contribution >= 0.6 is 0 Å². The molecule has 0 aromatic carbocycles. The summed E-state index contributed by atoms with van der Waals surface area (Å²) in [5.41, 5.74) is 0.460. The monoisotopic (exact) mass is 258 g/mol. The number of carbonyl (C=O) groups is 1. The lowest BCUT2D eigenvalue weighted by molar-refractivity contribution is -0.204. The zero-order chi connectivity index (χ0) is 12.9. The Morgan fingerprint density at radius 3 is 2.21 bits per heavy atom. The van der Waals surface area contributed by atoms with E-state index in [1.165, 1.54) is 12.8 Å². The Morgan fingerprint density at radius 1 is 1.05 bits per heavy atom. The van der Waals surface area contributed by atoms with Crippen molar-refractivity contribution in [3.05, 3.63) is 12.2 Å².